The molecule has 0 heterocycles. The predicted octanol–water partition coefficient (Wildman–Crippen LogP) is 3.56. The third kappa shape index (κ3) is 3.71. The van der Waals surface area contributed by atoms with Crippen molar-refractivity contribution in [3.63, 3.8) is 0 Å². The summed E-state index contributed by atoms with van der Waals surface area (Å²) in [6.45, 7) is 6.52. The molecule has 2 aromatic carbocycles. The van der Waals surface area contributed by atoms with Gasteiger partial charge in [-0.2, -0.15) is 0 Å². The van der Waals surface area contributed by atoms with Crippen LogP contribution in [0.4, 0.5) is 0 Å². The van der Waals surface area contributed by atoms with Crippen molar-refractivity contribution in [3.05, 3.63) is 58.1 Å². The molecule has 0 saturated heterocycles. The molecule has 19 heavy (non-hydrogen) atoms. The normalized spacial score (nSPS) is 10.7. The largest absolute Gasteiger partial charge is 0.121 e. The molecule has 0 aliphatic carbocycles. The zero-order chi connectivity index (χ0) is 13.8. The van der Waals surface area contributed by atoms with Crippen LogP contribution in [0, 0.1) is 13.8 Å². The Morgan fingerprint density at radius 2 is 1.74 bits per heavy atom. The minimum atomic E-state index is 0.690. The summed E-state index contributed by atoms with van der Waals surface area (Å²) in [5.41, 5.74) is 3.99. The fourth-order valence-corrected chi connectivity index (χ4v) is 4.23. The molecule has 0 N–H and O–H groups in total. The van der Waals surface area contributed by atoms with Gasteiger partial charge in [0.1, 0.15) is 9.52 Å². The van der Waals surface area contributed by atoms with Gasteiger partial charge in [-0.1, -0.05) is 76.8 Å². The Bertz CT molecular complexity index is 555. The second-order valence-electron chi connectivity index (χ2n) is 5.02. The molecule has 0 aliphatic heterocycles. The third-order valence-electron chi connectivity index (χ3n) is 3.12. The molecule has 0 bridgehead atoms. The van der Waals surface area contributed by atoms with Crippen LogP contribution in [0.3, 0.4) is 0 Å². The third-order valence-corrected chi connectivity index (χ3v) is 4.79. The lowest BCUT2D eigenvalue weighted by atomic mass is 10.1. The molecule has 0 saturated carbocycles. The highest BCUT2D eigenvalue weighted by molar-refractivity contribution is 6.68. The lowest BCUT2D eigenvalue weighted by molar-refractivity contribution is 0.927. The van der Waals surface area contributed by atoms with Gasteiger partial charge in [-0.05, 0) is 31.9 Å². The minimum Gasteiger partial charge on any atom is -0.0840 e. The molecular weight excluding hydrogens is 268 g/mol. The molecule has 0 atom stereocenters. The first-order valence-electron chi connectivity index (χ1n) is 6.73. The summed E-state index contributed by atoms with van der Waals surface area (Å²) in [6, 6.07) is 13.1. The van der Waals surface area contributed by atoms with E-state index in [4.69, 9.17) is 11.6 Å². The summed E-state index contributed by atoms with van der Waals surface area (Å²) in [5.74, 6) is 0. The maximum absolute atomic E-state index is 6.34. The van der Waals surface area contributed by atoms with Gasteiger partial charge in [0.05, 0.1) is 0 Å². The van der Waals surface area contributed by atoms with E-state index >= 15 is 0 Å². The molecule has 0 aromatic heterocycles. The van der Waals surface area contributed by atoms with Gasteiger partial charge in [-0.15, -0.1) is 0 Å². The zero-order valence-corrected chi connectivity index (χ0v) is 13.5. The Balaban J connectivity index is 2.34. The van der Waals surface area contributed by atoms with Crippen molar-refractivity contribution in [1.29, 1.82) is 0 Å². The first-order valence-corrected chi connectivity index (χ1v) is 8.10. The smallest absolute Gasteiger partial charge is 0.0840 e. The Morgan fingerprint density at radius 3 is 2.37 bits per heavy atom. The monoisotopic (exact) mass is 286 g/mol. The molecule has 0 aliphatic rings. The second kappa shape index (κ2) is 6.40. The SMILES string of the molecule is CCCc1c(Cl)cccc1[Si]c1cc(C)cc(C)c1. The summed E-state index contributed by atoms with van der Waals surface area (Å²) < 4.78 is 0. The van der Waals surface area contributed by atoms with Gasteiger partial charge in [0, 0.05) is 5.02 Å². The molecule has 0 spiro atoms. The van der Waals surface area contributed by atoms with Crippen LogP contribution in [0.2, 0.25) is 5.02 Å². The van der Waals surface area contributed by atoms with Crippen molar-refractivity contribution in [3.8, 4) is 0 Å². The fourth-order valence-electron chi connectivity index (χ4n) is 2.38. The van der Waals surface area contributed by atoms with Crippen molar-refractivity contribution >= 4 is 31.5 Å². The number of hydrogen-bond donors (Lipinski definition) is 0. The highest BCUT2D eigenvalue weighted by atomic mass is 35.5. The standard InChI is InChI=1S/C17H19ClSi/c1-4-6-15-16(18)7-5-8-17(15)19-14-10-12(2)9-13(3)11-14/h5,7-11H,4,6H2,1-3H3. The van der Waals surface area contributed by atoms with Crippen LogP contribution in [0.1, 0.15) is 30.0 Å². The summed E-state index contributed by atoms with van der Waals surface area (Å²) in [4.78, 5) is 0. The Labute approximate surface area is 123 Å². The van der Waals surface area contributed by atoms with Crippen molar-refractivity contribution < 1.29 is 0 Å². The van der Waals surface area contributed by atoms with Crippen LogP contribution >= 0.6 is 11.6 Å². The van der Waals surface area contributed by atoms with Crippen LogP contribution in [0.5, 0.6) is 0 Å². The summed E-state index contributed by atoms with van der Waals surface area (Å²) in [5, 5.41) is 3.70. The number of rotatable bonds is 4. The molecule has 2 radical (unpaired) electrons. The van der Waals surface area contributed by atoms with Gasteiger partial charge in [0.25, 0.3) is 0 Å². The highest BCUT2D eigenvalue weighted by Gasteiger charge is 2.08. The van der Waals surface area contributed by atoms with Gasteiger partial charge in [-0.25, -0.2) is 0 Å². The molecule has 0 nitrogen and oxygen atoms in total. The molecule has 0 unspecified atom stereocenters. The maximum atomic E-state index is 6.34. The van der Waals surface area contributed by atoms with Crippen molar-refractivity contribution in [1.82, 2.24) is 0 Å². The van der Waals surface area contributed by atoms with E-state index in [1.165, 1.54) is 27.1 Å². The first-order chi connectivity index (χ1) is 9.10. The van der Waals surface area contributed by atoms with Crippen LogP contribution in [-0.4, -0.2) is 9.52 Å². The summed E-state index contributed by atoms with van der Waals surface area (Å²) in [6.07, 6.45) is 2.20. The van der Waals surface area contributed by atoms with Gasteiger partial charge in [0.15, 0.2) is 0 Å². The Hall–Kier alpha value is -1.05. The van der Waals surface area contributed by atoms with E-state index in [1.807, 2.05) is 6.07 Å². The Kier molecular flexibility index (Phi) is 4.84. The van der Waals surface area contributed by atoms with Crippen LogP contribution in [0.25, 0.3) is 0 Å². The molecule has 98 valence electrons. The van der Waals surface area contributed by atoms with Gasteiger partial charge in [-0.3, -0.25) is 0 Å². The van der Waals surface area contributed by atoms with E-state index in [1.54, 1.807) is 0 Å². The van der Waals surface area contributed by atoms with Gasteiger partial charge >= 0.3 is 0 Å². The number of halogens is 1. The van der Waals surface area contributed by atoms with E-state index in [9.17, 15) is 0 Å². The summed E-state index contributed by atoms with van der Waals surface area (Å²) >= 11 is 6.34. The van der Waals surface area contributed by atoms with Crippen molar-refractivity contribution in [2.24, 2.45) is 0 Å². The topological polar surface area (TPSA) is 0 Å². The number of hydrogen-bond acceptors (Lipinski definition) is 0. The lowest BCUT2D eigenvalue weighted by Crippen LogP contribution is -2.30. The maximum Gasteiger partial charge on any atom is 0.121 e. The highest BCUT2D eigenvalue weighted by Crippen LogP contribution is 2.14. The fraction of sp³-hybridized carbons (Fsp3) is 0.294. The minimum absolute atomic E-state index is 0.690. The average Bonchev–Trinajstić information content (AvgIpc) is 2.32. The Morgan fingerprint density at radius 1 is 1.05 bits per heavy atom. The van der Waals surface area contributed by atoms with E-state index < -0.39 is 0 Å². The van der Waals surface area contributed by atoms with E-state index in [0.29, 0.717) is 9.52 Å². The predicted molar refractivity (Wildman–Crippen MR) is 86.4 cm³/mol. The quantitative estimate of drug-likeness (QED) is 0.754. The summed E-state index contributed by atoms with van der Waals surface area (Å²) in [7, 11) is 0.690. The molecule has 2 heteroatoms. The zero-order valence-electron chi connectivity index (χ0n) is 11.8. The van der Waals surface area contributed by atoms with Gasteiger partial charge in [0.2, 0.25) is 0 Å². The molecular formula is C17H19ClSi. The van der Waals surface area contributed by atoms with Crippen molar-refractivity contribution in [2.75, 3.05) is 0 Å². The van der Waals surface area contributed by atoms with Crippen molar-refractivity contribution in [2.45, 2.75) is 33.6 Å². The van der Waals surface area contributed by atoms with E-state index in [-0.39, 0.29) is 0 Å². The second-order valence-corrected chi connectivity index (χ2v) is 6.79. The van der Waals surface area contributed by atoms with E-state index in [0.717, 1.165) is 17.9 Å². The van der Waals surface area contributed by atoms with Crippen LogP contribution in [-0.2, 0) is 6.42 Å². The number of aryl methyl sites for hydroxylation is 2. The molecule has 0 fully saturated rings. The van der Waals surface area contributed by atoms with Crippen LogP contribution < -0.4 is 10.4 Å². The van der Waals surface area contributed by atoms with Gasteiger partial charge < -0.3 is 0 Å². The molecule has 2 rings (SSSR count). The average molecular weight is 287 g/mol. The van der Waals surface area contributed by atoms with E-state index in [2.05, 4.69) is 51.1 Å². The first kappa shape index (κ1) is 14.4. The number of benzene rings is 2. The lowest BCUT2D eigenvalue weighted by Gasteiger charge is -2.11. The molecule has 0 amide bonds. The molecule has 2 aromatic rings. The van der Waals surface area contributed by atoms with Crippen LogP contribution in [0.15, 0.2) is 36.4 Å².